The second kappa shape index (κ2) is 6.55. The molecule has 0 saturated carbocycles. The van der Waals surface area contributed by atoms with Crippen molar-refractivity contribution in [1.29, 1.82) is 0 Å². The fraction of sp³-hybridized carbons (Fsp3) is 0.333. The number of benzene rings is 1. The van der Waals surface area contributed by atoms with Crippen LogP contribution in [0.5, 0.6) is 5.75 Å². The minimum absolute atomic E-state index is 0. The first kappa shape index (κ1) is 14.1. The minimum atomic E-state index is -2.89. The predicted molar refractivity (Wildman–Crippen MR) is 54.3 cm³/mol. The average Bonchev–Trinajstić information content (AvgIpc) is 2.16. The number of nitrogens with two attached hydrogens (primary N) is 1. The fourth-order valence-electron chi connectivity index (χ4n) is 1.09. The van der Waals surface area contributed by atoms with Gasteiger partial charge in [-0.1, -0.05) is 18.2 Å². The van der Waals surface area contributed by atoms with Crippen LogP contribution in [0.15, 0.2) is 24.3 Å². The number of alkyl halides is 2. The van der Waals surface area contributed by atoms with Crippen molar-refractivity contribution >= 4 is 12.4 Å². The van der Waals surface area contributed by atoms with Gasteiger partial charge in [0.15, 0.2) is 0 Å². The van der Waals surface area contributed by atoms with Gasteiger partial charge in [-0.15, -0.1) is 12.4 Å². The molecule has 3 N–H and O–H groups in total. The maximum Gasteiger partial charge on any atom is 0.387 e. The third kappa shape index (κ3) is 3.99. The van der Waals surface area contributed by atoms with Crippen molar-refractivity contribution in [3.05, 3.63) is 29.8 Å². The Bertz CT molecular complexity index is 299. The van der Waals surface area contributed by atoms with Gasteiger partial charge in [-0.3, -0.25) is 0 Å². The van der Waals surface area contributed by atoms with Crippen molar-refractivity contribution in [3.63, 3.8) is 0 Å². The Kier molecular flexibility index (Phi) is 6.15. The maximum atomic E-state index is 11.9. The van der Waals surface area contributed by atoms with Crippen molar-refractivity contribution in [2.24, 2.45) is 5.73 Å². The zero-order valence-corrected chi connectivity index (χ0v) is 8.58. The molecule has 0 bridgehead atoms. The van der Waals surface area contributed by atoms with Crippen LogP contribution >= 0.6 is 12.4 Å². The molecule has 6 heteroatoms. The van der Waals surface area contributed by atoms with E-state index in [-0.39, 0.29) is 24.8 Å². The predicted octanol–water partition coefficient (Wildman–Crippen LogP) is 1.70. The fourth-order valence-corrected chi connectivity index (χ4v) is 1.09. The van der Waals surface area contributed by atoms with E-state index in [1.54, 1.807) is 18.2 Å². The van der Waals surface area contributed by atoms with Crippen LogP contribution in [0.4, 0.5) is 8.78 Å². The first-order valence-corrected chi connectivity index (χ1v) is 4.05. The van der Waals surface area contributed by atoms with Gasteiger partial charge >= 0.3 is 6.61 Å². The molecule has 1 aromatic rings. The summed E-state index contributed by atoms with van der Waals surface area (Å²) in [6.07, 6.45) is 0. The Morgan fingerprint density at radius 2 is 1.93 bits per heavy atom. The van der Waals surface area contributed by atoms with Gasteiger partial charge < -0.3 is 15.6 Å². The molecule has 0 aromatic heterocycles. The molecule has 1 aromatic carbocycles. The summed E-state index contributed by atoms with van der Waals surface area (Å²) in [5.74, 6) is 0.00375. The number of ether oxygens (including phenoxy) is 1. The summed E-state index contributed by atoms with van der Waals surface area (Å²) in [6.45, 7) is -3.20. The van der Waals surface area contributed by atoms with Gasteiger partial charge in [0.05, 0.1) is 12.6 Å². The highest BCUT2D eigenvalue weighted by molar-refractivity contribution is 5.85. The summed E-state index contributed by atoms with van der Waals surface area (Å²) < 4.78 is 28.1. The van der Waals surface area contributed by atoms with Crippen molar-refractivity contribution in [2.45, 2.75) is 12.7 Å². The van der Waals surface area contributed by atoms with Crippen LogP contribution in [0, 0.1) is 0 Å². The summed E-state index contributed by atoms with van der Waals surface area (Å²) in [6, 6.07) is 5.43. The van der Waals surface area contributed by atoms with Crippen LogP contribution in [0.1, 0.15) is 11.6 Å². The van der Waals surface area contributed by atoms with E-state index in [4.69, 9.17) is 10.8 Å². The molecular weight excluding hydrogens is 228 g/mol. The molecule has 0 amide bonds. The van der Waals surface area contributed by atoms with Gasteiger partial charge in [-0.25, -0.2) is 0 Å². The van der Waals surface area contributed by atoms with Crippen molar-refractivity contribution in [2.75, 3.05) is 6.61 Å². The lowest BCUT2D eigenvalue weighted by molar-refractivity contribution is -0.0507. The van der Waals surface area contributed by atoms with E-state index in [1.807, 2.05) is 0 Å². The van der Waals surface area contributed by atoms with Crippen molar-refractivity contribution in [1.82, 2.24) is 0 Å². The number of aliphatic hydroxyl groups excluding tert-OH is 1. The number of rotatable bonds is 4. The standard InChI is InChI=1S/C9H11F2NO2.ClH/c10-9(11)14-8-4-2-1-3-6(8)7(12)5-13;/h1-4,7,9,13H,5,12H2;1H/t7-;/m1./s1. The number of halogens is 3. The highest BCUT2D eigenvalue weighted by Crippen LogP contribution is 2.24. The lowest BCUT2D eigenvalue weighted by atomic mass is 10.1. The molecule has 0 saturated heterocycles. The quantitative estimate of drug-likeness (QED) is 0.841. The highest BCUT2D eigenvalue weighted by atomic mass is 35.5. The largest absolute Gasteiger partial charge is 0.434 e. The molecule has 3 nitrogen and oxygen atoms in total. The summed E-state index contributed by atoms with van der Waals surface area (Å²) >= 11 is 0. The van der Waals surface area contributed by atoms with Gasteiger partial charge in [0, 0.05) is 5.56 Å². The van der Waals surface area contributed by atoms with Gasteiger partial charge in [0.2, 0.25) is 0 Å². The molecule has 0 spiro atoms. The van der Waals surface area contributed by atoms with E-state index < -0.39 is 12.7 Å². The molecular formula is C9H12ClF2NO2. The summed E-state index contributed by atoms with van der Waals surface area (Å²) in [5, 5.41) is 8.78. The summed E-state index contributed by atoms with van der Waals surface area (Å²) in [4.78, 5) is 0. The van der Waals surface area contributed by atoms with Gasteiger partial charge in [0.25, 0.3) is 0 Å². The van der Waals surface area contributed by atoms with Crippen LogP contribution in [0.25, 0.3) is 0 Å². The molecule has 0 unspecified atom stereocenters. The molecule has 0 aliphatic rings. The molecule has 0 heterocycles. The van der Waals surface area contributed by atoms with Gasteiger partial charge in [-0.2, -0.15) is 8.78 Å². The third-order valence-electron chi connectivity index (χ3n) is 1.73. The number of hydrogen-bond acceptors (Lipinski definition) is 3. The first-order chi connectivity index (χ1) is 6.65. The van der Waals surface area contributed by atoms with E-state index in [1.165, 1.54) is 6.07 Å². The van der Waals surface area contributed by atoms with E-state index in [0.29, 0.717) is 5.56 Å². The monoisotopic (exact) mass is 239 g/mol. The maximum absolute atomic E-state index is 11.9. The molecule has 0 radical (unpaired) electrons. The highest BCUT2D eigenvalue weighted by Gasteiger charge is 2.13. The SMILES string of the molecule is Cl.N[C@H](CO)c1ccccc1OC(F)F. The van der Waals surface area contributed by atoms with Crippen LogP contribution in [0.3, 0.4) is 0 Å². The molecule has 0 fully saturated rings. The molecule has 0 aliphatic heterocycles. The number of para-hydroxylation sites is 1. The summed E-state index contributed by atoms with van der Waals surface area (Å²) in [7, 11) is 0. The van der Waals surface area contributed by atoms with Crippen LogP contribution in [-0.4, -0.2) is 18.3 Å². The smallest absolute Gasteiger partial charge is 0.387 e. The molecule has 0 aliphatic carbocycles. The van der Waals surface area contributed by atoms with E-state index in [0.717, 1.165) is 0 Å². The Morgan fingerprint density at radius 1 is 1.33 bits per heavy atom. The summed E-state index contributed by atoms with van der Waals surface area (Å²) in [5.41, 5.74) is 5.87. The lowest BCUT2D eigenvalue weighted by Crippen LogP contribution is -2.16. The van der Waals surface area contributed by atoms with Crippen molar-refractivity contribution in [3.8, 4) is 5.75 Å². The first-order valence-electron chi connectivity index (χ1n) is 4.05. The molecule has 86 valence electrons. The third-order valence-corrected chi connectivity index (χ3v) is 1.73. The molecule has 15 heavy (non-hydrogen) atoms. The molecule has 1 atom stereocenters. The topological polar surface area (TPSA) is 55.5 Å². The number of hydrogen-bond donors (Lipinski definition) is 2. The minimum Gasteiger partial charge on any atom is -0.434 e. The second-order valence-electron chi connectivity index (χ2n) is 2.71. The normalized spacial score (nSPS) is 12.1. The lowest BCUT2D eigenvalue weighted by Gasteiger charge is -2.14. The Balaban J connectivity index is 0.00000196. The van der Waals surface area contributed by atoms with Crippen LogP contribution < -0.4 is 10.5 Å². The number of aliphatic hydroxyl groups is 1. The zero-order valence-electron chi connectivity index (χ0n) is 7.77. The van der Waals surface area contributed by atoms with Crippen molar-refractivity contribution < 1.29 is 18.6 Å². The van der Waals surface area contributed by atoms with E-state index in [2.05, 4.69) is 4.74 Å². The zero-order chi connectivity index (χ0) is 10.6. The van der Waals surface area contributed by atoms with E-state index in [9.17, 15) is 8.78 Å². The van der Waals surface area contributed by atoms with Crippen LogP contribution in [0.2, 0.25) is 0 Å². The van der Waals surface area contributed by atoms with Crippen LogP contribution in [-0.2, 0) is 0 Å². The second-order valence-corrected chi connectivity index (χ2v) is 2.71. The Morgan fingerprint density at radius 3 is 2.47 bits per heavy atom. The van der Waals surface area contributed by atoms with Gasteiger partial charge in [-0.05, 0) is 6.07 Å². The molecule has 1 rings (SSSR count). The Hall–Kier alpha value is -0.910. The average molecular weight is 240 g/mol. The van der Waals surface area contributed by atoms with Gasteiger partial charge in [0.1, 0.15) is 5.75 Å². The van der Waals surface area contributed by atoms with E-state index >= 15 is 0 Å². The Labute approximate surface area is 92.3 Å².